The Kier molecular flexibility index (Phi) is 6.66. The number of rotatable bonds is 6. The van der Waals surface area contributed by atoms with Crippen molar-refractivity contribution in [3.05, 3.63) is 45.6 Å². The molecule has 3 rings (SSSR count). The first-order chi connectivity index (χ1) is 13.8. The van der Waals surface area contributed by atoms with Gasteiger partial charge in [0.05, 0.1) is 5.02 Å². The molecule has 0 bridgehead atoms. The minimum Gasteiger partial charge on any atom is -0.489 e. The van der Waals surface area contributed by atoms with Crippen molar-refractivity contribution in [1.29, 1.82) is 5.26 Å². The van der Waals surface area contributed by atoms with Crippen molar-refractivity contribution < 1.29 is 9.53 Å². The summed E-state index contributed by atoms with van der Waals surface area (Å²) in [6.45, 7) is 6.49. The molecule has 6 heteroatoms. The maximum atomic E-state index is 12.7. The van der Waals surface area contributed by atoms with Gasteiger partial charge in [-0.25, -0.2) is 0 Å². The molecule has 0 radical (unpaired) electrons. The minimum absolute atomic E-state index is 0.133. The SMILES string of the molecule is CC(C)N1CCC(Oc2cc3c(cc2Cl)CC(C(=O)/C(C#N)=C/N(C)C)=C3)CC1. The molecule has 1 heterocycles. The number of nitrogens with zero attached hydrogens (tertiary/aromatic N) is 3. The maximum absolute atomic E-state index is 12.7. The Morgan fingerprint density at radius 3 is 2.62 bits per heavy atom. The van der Waals surface area contributed by atoms with Crippen LogP contribution in [0.3, 0.4) is 0 Å². The predicted molar refractivity (Wildman–Crippen MR) is 116 cm³/mol. The summed E-state index contributed by atoms with van der Waals surface area (Å²) in [6.07, 6.45) is 5.99. The third-order valence-electron chi connectivity index (χ3n) is 5.45. The molecule has 0 N–H and O–H groups in total. The van der Waals surface area contributed by atoms with E-state index in [2.05, 4.69) is 18.7 Å². The van der Waals surface area contributed by atoms with Crippen LogP contribution in [-0.2, 0) is 11.2 Å². The molecule has 1 aliphatic heterocycles. The molecule has 1 saturated heterocycles. The molecule has 0 amide bonds. The van der Waals surface area contributed by atoms with Gasteiger partial charge in [0.15, 0.2) is 0 Å². The molecule has 2 aliphatic rings. The molecule has 0 unspecified atom stereocenters. The topological polar surface area (TPSA) is 56.6 Å². The van der Waals surface area contributed by atoms with Gasteiger partial charge < -0.3 is 14.5 Å². The zero-order valence-electron chi connectivity index (χ0n) is 17.5. The van der Waals surface area contributed by atoms with Crippen LogP contribution in [0.25, 0.3) is 6.08 Å². The van der Waals surface area contributed by atoms with Gasteiger partial charge >= 0.3 is 0 Å². The number of fused-ring (bicyclic) bond motifs is 1. The molecule has 0 aromatic heterocycles. The van der Waals surface area contributed by atoms with Gasteiger partial charge in [-0.15, -0.1) is 0 Å². The van der Waals surface area contributed by atoms with Crippen molar-refractivity contribution in [3.8, 4) is 11.8 Å². The number of benzene rings is 1. The molecule has 1 aromatic carbocycles. The van der Waals surface area contributed by atoms with Crippen LogP contribution in [0.5, 0.6) is 5.75 Å². The van der Waals surface area contributed by atoms with E-state index < -0.39 is 0 Å². The summed E-state index contributed by atoms with van der Waals surface area (Å²) >= 11 is 6.48. The van der Waals surface area contributed by atoms with Crippen molar-refractivity contribution in [2.75, 3.05) is 27.2 Å². The first kappa shape index (κ1) is 21.4. The van der Waals surface area contributed by atoms with Crippen molar-refractivity contribution in [1.82, 2.24) is 9.80 Å². The van der Waals surface area contributed by atoms with Crippen LogP contribution in [0.4, 0.5) is 0 Å². The summed E-state index contributed by atoms with van der Waals surface area (Å²) in [5.41, 5.74) is 2.67. The Morgan fingerprint density at radius 1 is 1.34 bits per heavy atom. The van der Waals surface area contributed by atoms with Gasteiger partial charge in [0.2, 0.25) is 5.78 Å². The highest BCUT2D eigenvalue weighted by molar-refractivity contribution is 6.32. The highest BCUT2D eigenvalue weighted by atomic mass is 35.5. The number of hydrogen-bond acceptors (Lipinski definition) is 5. The standard InChI is InChI=1S/C23H28ClN3O2/c1-15(2)27-7-5-20(6-8-27)29-22-12-17-10-18(9-16(17)11-21(22)24)23(28)19(13-25)14-26(3)4/h10-12,14-15,20H,5-9H2,1-4H3/b19-14+. The molecule has 0 spiro atoms. The number of hydrogen-bond donors (Lipinski definition) is 0. The monoisotopic (exact) mass is 413 g/mol. The zero-order valence-corrected chi connectivity index (χ0v) is 18.3. The molecule has 154 valence electrons. The van der Waals surface area contributed by atoms with E-state index in [1.165, 1.54) is 0 Å². The van der Waals surface area contributed by atoms with Crippen LogP contribution in [-0.4, -0.2) is 54.9 Å². The number of halogens is 1. The quantitative estimate of drug-likeness (QED) is 0.519. The van der Waals surface area contributed by atoms with Crippen molar-refractivity contribution in [2.45, 2.75) is 45.3 Å². The lowest BCUT2D eigenvalue weighted by molar-refractivity contribution is -0.111. The Balaban J connectivity index is 1.73. The highest BCUT2D eigenvalue weighted by Crippen LogP contribution is 2.36. The second-order valence-corrected chi connectivity index (χ2v) is 8.63. The van der Waals surface area contributed by atoms with Gasteiger partial charge in [0.25, 0.3) is 0 Å². The molecule has 1 aliphatic carbocycles. The van der Waals surface area contributed by atoms with Gasteiger partial charge in [0.1, 0.15) is 23.5 Å². The number of likely N-dealkylation sites (tertiary alicyclic amines) is 1. The van der Waals surface area contributed by atoms with E-state index in [0.29, 0.717) is 28.8 Å². The van der Waals surface area contributed by atoms with Crippen LogP contribution >= 0.6 is 11.6 Å². The van der Waals surface area contributed by atoms with E-state index in [0.717, 1.165) is 37.1 Å². The Labute approximate surface area is 178 Å². The Bertz CT molecular complexity index is 888. The lowest BCUT2D eigenvalue weighted by atomic mass is 10.0. The van der Waals surface area contributed by atoms with Gasteiger partial charge in [-0.2, -0.15) is 5.26 Å². The van der Waals surface area contributed by atoms with E-state index in [4.69, 9.17) is 16.3 Å². The van der Waals surface area contributed by atoms with Crippen LogP contribution in [0.2, 0.25) is 5.02 Å². The number of ether oxygens (including phenoxy) is 1. The fourth-order valence-electron chi connectivity index (χ4n) is 3.84. The number of ketones is 1. The van der Waals surface area contributed by atoms with Gasteiger partial charge in [-0.05, 0) is 56.0 Å². The largest absolute Gasteiger partial charge is 0.489 e. The van der Waals surface area contributed by atoms with E-state index >= 15 is 0 Å². The van der Waals surface area contributed by atoms with Crippen molar-refractivity contribution in [2.24, 2.45) is 0 Å². The van der Waals surface area contributed by atoms with Crippen LogP contribution in [0.15, 0.2) is 29.5 Å². The van der Waals surface area contributed by atoms with Gasteiger partial charge in [-0.1, -0.05) is 11.6 Å². The second-order valence-electron chi connectivity index (χ2n) is 8.22. The Morgan fingerprint density at radius 2 is 2.03 bits per heavy atom. The molecule has 5 nitrogen and oxygen atoms in total. The minimum atomic E-state index is -0.239. The molecule has 1 fully saturated rings. The van der Waals surface area contributed by atoms with E-state index in [9.17, 15) is 10.1 Å². The van der Waals surface area contributed by atoms with Crippen LogP contribution in [0, 0.1) is 11.3 Å². The summed E-state index contributed by atoms with van der Waals surface area (Å²) in [7, 11) is 3.58. The van der Waals surface area contributed by atoms with Crippen LogP contribution in [0.1, 0.15) is 37.8 Å². The lowest BCUT2D eigenvalue weighted by Gasteiger charge is -2.34. The van der Waals surface area contributed by atoms with Gasteiger partial charge in [-0.3, -0.25) is 4.79 Å². The number of piperidine rings is 1. The molecule has 0 atom stereocenters. The number of carbonyl (C=O) groups is 1. The first-order valence-corrected chi connectivity index (χ1v) is 10.4. The number of allylic oxidation sites excluding steroid dienone is 2. The van der Waals surface area contributed by atoms with Crippen molar-refractivity contribution >= 4 is 23.5 Å². The third-order valence-corrected chi connectivity index (χ3v) is 5.74. The molecule has 0 saturated carbocycles. The molecule has 1 aromatic rings. The normalized spacial score (nSPS) is 17.7. The van der Waals surface area contributed by atoms with E-state index in [1.807, 2.05) is 24.3 Å². The average Bonchev–Trinajstić information content (AvgIpc) is 3.08. The summed E-state index contributed by atoms with van der Waals surface area (Å²) in [4.78, 5) is 16.9. The average molecular weight is 414 g/mol. The fourth-order valence-corrected chi connectivity index (χ4v) is 4.07. The predicted octanol–water partition coefficient (Wildman–Crippen LogP) is 4.07. The fraction of sp³-hybridized carbons (Fsp3) is 0.478. The number of carbonyl (C=O) groups excluding carboxylic acids is 1. The smallest absolute Gasteiger partial charge is 0.201 e. The third kappa shape index (κ3) is 5.01. The van der Waals surface area contributed by atoms with Crippen molar-refractivity contribution in [3.63, 3.8) is 0 Å². The molecular weight excluding hydrogens is 386 g/mol. The highest BCUT2D eigenvalue weighted by Gasteiger charge is 2.26. The Hall–Kier alpha value is -2.29. The lowest BCUT2D eigenvalue weighted by Crippen LogP contribution is -2.41. The summed E-state index contributed by atoms with van der Waals surface area (Å²) in [5, 5.41) is 9.88. The summed E-state index contributed by atoms with van der Waals surface area (Å²) in [5.74, 6) is 0.430. The maximum Gasteiger partial charge on any atom is 0.201 e. The molecular formula is C23H28ClN3O2. The van der Waals surface area contributed by atoms with Crippen LogP contribution < -0.4 is 4.74 Å². The number of nitriles is 1. The second kappa shape index (κ2) is 9.02. The number of Topliss-reactive ketones (excluding diaryl/α,β-unsaturated/α-hetero) is 1. The summed E-state index contributed by atoms with van der Waals surface area (Å²) in [6, 6.07) is 6.36. The summed E-state index contributed by atoms with van der Waals surface area (Å²) < 4.78 is 6.21. The van der Waals surface area contributed by atoms with E-state index in [-0.39, 0.29) is 17.5 Å². The first-order valence-electron chi connectivity index (χ1n) is 10.0. The van der Waals surface area contributed by atoms with Gasteiger partial charge in [0, 0.05) is 51.4 Å². The van der Waals surface area contributed by atoms with E-state index in [1.54, 1.807) is 25.2 Å². The molecule has 29 heavy (non-hydrogen) atoms. The zero-order chi connectivity index (χ0) is 21.1.